The third-order valence-corrected chi connectivity index (χ3v) is 5.34. The van der Waals surface area contributed by atoms with Gasteiger partial charge in [0.05, 0.1) is 17.2 Å². The van der Waals surface area contributed by atoms with E-state index in [1.807, 2.05) is 62.6 Å². The number of benzene rings is 2. The topological polar surface area (TPSA) is 68.6 Å². The van der Waals surface area contributed by atoms with E-state index < -0.39 is 0 Å². The predicted octanol–water partition coefficient (Wildman–Crippen LogP) is 5.31. The third kappa shape index (κ3) is 3.11. The average Bonchev–Trinajstić information content (AvgIpc) is 3.33. The lowest BCUT2D eigenvalue weighted by atomic mass is 10.0. The molecule has 0 radical (unpaired) electrons. The number of H-pyrrole nitrogens is 1. The van der Waals surface area contributed by atoms with Gasteiger partial charge in [-0.3, -0.25) is 14.8 Å². The Morgan fingerprint density at radius 1 is 1.14 bits per heavy atom. The molecule has 0 fully saturated rings. The molecule has 3 heterocycles. The van der Waals surface area contributed by atoms with Gasteiger partial charge in [0.25, 0.3) is 0 Å². The second kappa shape index (κ2) is 6.90. The molecule has 144 valence electrons. The van der Waals surface area contributed by atoms with Gasteiger partial charge in [-0.1, -0.05) is 17.7 Å². The van der Waals surface area contributed by atoms with E-state index in [0.717, 1.165) is 44.4 Å². The number of pyridine rings is 1. The first-order valence-electron chi connectivity index (χ1n) is 9.27. The van der Waals surface area contributed by atoms with Crippen LogP contribution < -0.4 is 4.74 Å². The first kappa shape index (κ1) is 17.7. The molecule has 0 saturated heterocycles. The highest BCUT2D eigenvalue weighted by atomic mass is 35.5. The van der Waals surface area contributed by atoms with E-state index in [-0.39, 0.29) is 6.10 Å². The molecular formula is C22H18ClN5O. The number of rotatable bonds is 4. The average molecular weight is 404 g/mol. The van der Waals surface area contributed by atoms with Crippen molar-refractivity contribution in [1.82, 2.24) is 25.0 Å². The lowest BCUT2D eigenvalue weighted by Gasteiger charge is -2.18. The SMILES string of the molecule is CC(Oc1ccc2[nH]nc(-c3cnn(C)c3)c2c1)c1c(Cl)ccc2ncccc12. The van der Waals surface area contributed by atoms with Gasteiger partial charge in [0, 0.05) is 46.4 Å². The molecule has 0 spiro atoms. The fourth-order valence-corrected chi connectivity index (χ4v) is 3.97. The summed E-state index contributed by atoms with van der Waals surface area (Å²) < 4.78 is 8.05. The molecule has 0 aliphatic carbocycles. The second-order valence-corrected chi connectivity index (χ2v) is 7.38. The third-order valence-electron chi connectivity index (χ3n) is 5.01. The van der Waals surface area contributed by atoms with Crippen LogP contribution in [-0.4, -0.2) is 25.0 Å². The van der Waals surface area contributed by atoms with E-state index in [4.69, 9.17) is 16.3 Å². The maximum atomic E-state index is 6.52. The normalized spacial score (nSPS) is 12.5. The Hall–Kier alpha value is -3.38. The predicted molar refractivity (Wildman–Crippen MR) is 114 cm³/mol. The van der Waals surface area contributed by atoms with Gasteiger partial charge in [-0.2, -0.15) is 10.2 Å². The van der Waals surface area contributed by atoms with Crippen LogP contribution in [0.4, 0.5) is 0 Å². The molecule has 0 amide bonds. The van der Waals surface area contributed by atoms with Crippen LogP contribution in [0.15, 0.2) is 61.1 Å². The highest BCUT2D eigenvalue weighted by Gasteiger charge is 2.17. The summed E-state index contributed by atoms with van der Waals surface area (Å²) in [5, 5.41) is 14.4. The first-order chi connectivity index (χ1) is 14.1. The minimum atomic E-state index is -0.249. The molecule has 0 saturated carbocycles. The summed E-state index contributed by atoms with van der Waals surface area (Å²) >= 11 is 6.52. The summed E-state index contributed by atoms with van der Waals surface area (Å²) in [6.45, 7) is 2.00. The molecule has 1 N–H and O–H groups in total. The molecule has 6 nitrogen and oxygen atoms in total. The number of aromatic amines is 1. The van der Waals surface area contributed by atoms with E-state index in [2.05, 4.69) is 20.3 Å². The summed E-state index contributed by atoms with van der Waals surface area (Å²) in [5.41, 5.74) is 4.56. The summed E-state index contributed by atoms with van der Waals surface area (Å²) in [6, 6.07) is 13.6. The molecule has 0 aliphatic heterocycles. The van der Waals surface area contributed by atoms with Gasteiger partial charge >= 0.3 is 0 Å². The number of ether oxygens (including phenoxy) is 1. The molecule has 0 aliphatic rings. The van der Waals surface area contributed by atoms with Crippen molar-refractivity contribution in [2.24, 2.45) is 7.05 Å². The van der Waals surface area contributed by atoms with E-state index in [0.29, 0.717) is 5.02 Å². The van der Waals surface area contributed by atoms with Crippen molar-refractivity contribution in [2.75, 3.05) is 0 Å². The zero-order chi connectivity index (χ0) is 20.0. The number of fused-ring (bicyclic) bond motifs is 2. The van der Waals surface area contributed by atoms with Crippen LogP contribution in [-0.2, 0) is 7.05 Å². The van der Waals surface area contributed by atoms with Gasteiger partial charge in [-0.15, -0.1) is 0 Å². The highest BCUT2D eigenvalue weighted by molar-refractivity contribution is 6.32. The van der Waals surface area contributed by atoms with E-state index >= 15 is 0 Å². The molecule has 3 aromatic heterocycles. The lowest BCUT2D eigenvalue weighted by molar-refractivity contribution is 0.229. The monoisotopic (exact) mass is 403 g/mol. The molecular weight excluding hydrogens is 386 g/mol. The number of halogens is 1. The van der Waals surface area contributed by atoms with Gasteiger partial charge < -0.3 is 4.74 Å². The number of aryl methyl sites for hydroxylation is 1. The summed E-state index contributed by atoms with van der Waals surface area (Å²) in [5.74, 6) is 0.744. The Morgan fingerprint density at radius 3 is 2.86 bits per heavy atom. The van der Waals surface area contributed by atoms with Gasteiger partial charge in [0.15, 0.2) is 0 Å². The second-order valence-electron chi connectivity index (χ2n) is 6.97. The molecule has 1 unspecified atom stereocenters. The fraction of sp³-hybridized carbons (Fsp3) is 0.136. The zero-order valence-electron chi connectivity index (χ0n) is 15.9. The lowest BCUT2D eigenvalue weighted by Crippen LogP contribution is -2.05. The summed E-state index contributed by atoms with van der Waals surface area (Å²) in [7, 11) is 1.89. The van der Waals surface area contributed by atoms with E-state index in [1.54, 1.807) is 17.1 Å². The van der Waals surface area contributed by atoms with Gasteiger partial charge in [-0.25, -0.2) is 0 Å². The maximum absolute atomic E-state index is 6.52. The fourth-order valence-electron chi connectivity index (χ4n) is 3.65. The number of hydrogen-bond donors (Lipinski definition) is 1. The highest BCUT2D eigenvalue weighted by Crippen LogP contribution is 2.35. The minimum Gasteiger partial charge on any atom is -0.486 e. The van der Waals surface area contributed by atoms with Gasteiger partial charge in [0.2, 0.25) is 0 Å². The Balaban J connectivity index is 1.53. The van der Waals surface area contributed by atoms with Crippen LogP contribution >= 0.6 is 11.6 Å². The van der Waals surface area contributed by atoms with Gasteiger partial charge in [0.1, 0.15) is 17.5 Å². The van der Waals surface area contributed by atoms with Crippen molar-refractivity contribution >= 4 is 33.4 Å². The number of hydrogen-bond acceptors (Lipinski definition) is 4. The minimum absolute atomic E-state index is 0.249. The van der Waals surface area contributed by atoms with Gasteiger partial charge in [-0.05, 0) is 43.3 Å². The molecule has 5 rings (SSSR count). The molecule has 0 bridgehead atoms. The molecule has 29 heavy (non-hydrogen) atoms. The van der Waals surface area contributed by atoms with Crippen LogP contribution in [0, 0.1) is 0 Å². The standard InChI is InChI=1S/C22H18ClN5O/c1-13(21-16-4-3-9-24-19(16)8-6-18(21)23)29-15-5-7-20-17(10-15)22(27-26-20)14-11-25-28(2)12-14/h3-13H,1-2H3,(H,26,27). The van der Waals surface area contributed by atoms with Crippen molar-refractivity contribution in [3.05, 3.63) is 71.6 Å². The van der Waals surface area contributed by atoms with Crippen LogP contribution in [0.2, 0.25) is 5.02 Å². The number of aromatic nitrogens is 5. The Bertz CT molecular complexity index is 1340. The number of nitrogens with zero attached hydrogens (tertiary/aromatic N) is 4. The van der Waals surface area contributed by atoms with Crippen molar-refractivity contribution in [3.63, 3.8) is 0 Å². The number of nitrogens with one attached hydrogen (secondary N) is 1. The smallest absolute Gasteiger partial charge is 0.123 e. The molecule has 1 atom stereocenters. The van der Waals surface area contributed by atoms with E-state index in [1.165, 1.54) is 0 Å². The van der Waals surface area contributed by atoms with Crippen molar-refractivity contribution in [3.8, 4) is 17.0 Å². The maximum Gasteiger partial charge on any atom is 0.123 e. The summed E-state index contributed by atoms with van der Waals surface area (Å²) in [4.78, 5) is 4.42. The van der Waals surface area contributed by atoms with Crippen LogP contribution in [0.1, 0.15) is 18.6 Å². The quantitative estimate of drug-likeness (QED) is 0.441. The van der Waals surface area contributed by atoms with Crippen molar-refractivity contribution in [2.45, 2.75) is 13.0 Å². The molecule has 2 aromatic carbocycles. The van der Waals surface area contributed by atoms with Crippen molar-refractivity contribution < 1.29 is 4.74 Å². The van der Waals surface area contributed by atoms with Crippen LogP contribution in [0.5, 0.6) is 5.75 Å². The zero-order valence-corrected chi connectivity index (χ0v) is 16.7. The summed E-state index contributed by atoms with van der Waals surface area (Å²) in [6.07, 6.45) is 5.27. The molecule has 7 heteroatoms. The van der Waals surface area contributed by atoms with Crippen LogP contribution in [0.3, 0.4) is 0 Å². The largest absolute Gasteiger partial charge is 0.486 e. The first-order valence-corrected chi connectivity index (χ1v) is 9.65. The Kier molecular flexibility index (Phi) is 4.21. The van der Waals surface area contributed by atoms with Crippen LogP contribution in [0.25, 0.3) is 33.1 Å². The van der Waals surface area contributed by atoms with E-state index in [9.17, 15) is 0 Å². The Morgan fingerprint density at radius 2 is 2.03 bits per heavy atom. The van der Waals surface area contributed by atoms with Crippen molar-refractivity contribution in [1.29, 1.82) is 0 Å². The molecule has 5 aromatic rings. The Labute approximate surface area is 172 Å².